The number of nitrogens with zero attached hydrogens (tertiary/aromatic N) is 1. The zero-order chi connectivity index (χ0) is 13.8. The minimum absolute atomic E-state index is 0.0486. The number of thiazole rings is 1. The average molecular weight is 284 g/mol. The van der Waals surface area contributed by atoms with Crippen molar-refractivity contribution in [2.75, 3.05) is 0 Å². The first-order valence-electron chi connectivity index (χ1n) is 5.80. The quantitative estimate of drug-likeness (QED) is 0.916. The van der Waals surface area contributed by atoms with Crippen molar-refractivity contribution < 1.29 is 13.5 Å². The Morgan fingerprint density at radius 3 is 2.89 bits per heavy atom. The molecule has 0 aliphatic heterocycles. The van der Waals surface area contributed by atoms with E-state index in [0.717, 1.165) is 16.3 Å². The molecule has 19 heavy (non-hydrogen) atoms. The van der Waals surface area contributed by atoms with E-state index in [0.29, 0.717) is 6.42 Å². The molecule has 2 rings (SSSR count). The summed E-state index contributed by atoms with van der Waals surface area (Å²) in [6.45, 7) is -0.905. The van der Waals surface area contributed by atoms with Crippen LogP contribution in [0.3, 0.4) is 0 Å². The third kappa shape index (κ3) is 3.97. The van der Waals surface area contributed by atoms with Crippen molar-refractivity contribution >= 4 is 11.3 Å². The van der Waals surface area contributed by atoms with Gasteiger partial charge in [-0.25, -0.2) is 4.98 Å². The molecule has 0 saturated carbocycles. The van der Waals surface area contributed by atoms with E-state index < -0.39 is 6.61 Å². The lowest BCUT2D eigenvalue weighted by molar-refractivity contribution is -0.0498. The average Bonchev–Trinajstić information content (AvgIpc) is 2.76. The highest BCUT2D eigenvalue weighted by molar-refractivity contribution is 7.09. The molecular weight excluding hydrogens is 270 g/mol. The molecule has 1 aromatic carbocycles. The third-order valence-corrected chi connectivity index (χ3v) is 3.27. The van der Waals surface area contributed by atoms with E-state index in [2.05, 4.69) is 9.72 Å². The molecule has 102 valence electrons. The van der Waals surface area contributed by atoms with Gasteiger partial charge in [0.15, 0.2) is 0 Å². The Hall–Kier alpha value is -1.53. The molecule has 1 aromatic heterocycles. The molecule has 1 unspecified atom stereocenters. The summed E-state index contributed by atoms with van der Waals surface area (Å²) < 4.78 is 28.7. The maximum atomic E-state index is 12.2. The Balaban J connectivity index is 2.19. The van der Waals surface area contributed by atoms with Crippen LogP contribution in [-0.2, 0) is 6.42 Å². The molecular formula is C13H14F2N2OS. The van der Waals surface area contributed by atoms with Gasteiger partial charge in [-0.2, -0.15) is 8.78 Å². The molecule has 0 aliphatic rings. The lowest BCUT2D eigenvalue weighted by Gasteiger charge is -2.05. The van der Waals surface area contributed by atoms with Crippen LogP contribution in [-0.4, -0.2) is 17.6 Å². The molecule has 2 aromatic rings. The Morgan fingerprint density at radius 1 is 1.42 bits per heavy atom. The molecule has 0 fully saturated rings. The largest absolute Gasteiger partial charge is 0.435 e. The monoisotopic (exact) mass is 284 g/mol. The topological polar surface area (TPSA) is 48.1 Å². The number of halogens is 2. The highest BCUT2D eigenvalue weighted by atomic mass is 32.1. The molecule has 0 radical (unpaired) electrons. The minimum atomic E-state index is -2.82. The molecule has 0 saturated heterocycles. The fourth-order valence-electron chi connectivity index (χ4n) is 1.64. The van der Waals surface area contributed by atoms with E-state index >= 15 is 0 Å². The summed E-state index contributed by atoms with van der Waals surface area (Å²) in [6, 6.07) is 6.56. The first kappa shape index (κ1) is 13.9. The van der Waals surface area contributed by atoms with Crippen molar-refractivity contribution in [2.24, 2.45) is 5.73 Å². The number of ether oxygens (including phenoxy) is 1. The zero-order valence-corrected chi connectivity index (χ0v) is 11.2. The van der Waals surface area contributed by atoms with Gasteiger partial charge in [-0.1, -0.05) is 12.1 Å². The van der Waals surface area contributed by atoms with Crippen LogP contribution < -0.4 is 10.5 Å². The Labute approximate surface area is 114 Å². The molecule has 0 bridgehead atoms. The van der Waals surface area contributed by atoms with Crippen molar-refractivity contribution in [1.82, 2.24) is 4.98 Å². The summed E-state index contributed by atoms with van der Waals surface area (Å²) in [6.07, 6.45) is 0.706. The van der Waals surface area contributed by atoms with Crippen molar-refractivity contribution in [2.45, 2.75) is 26.0 Å². The number of rotatable bonds is 5. The molecule has 0 aliphatic carbocycles. The number of hydrogen-bond donors (Lipinski definition) is 1. The molecule has 1 atom stereocenters. The highest BCUT2D eigenvalue weighted by Gasteiger charge is 2.09. The number of alkyl halides is 2. The van der Waals surface area contributed by atoms with E-state index in [1.54, 1.807) is 12.1 Å². The van der Waals surface area contributed by atoms with Gasteiger partial charge in [0.05, 0.1) is 10.7 Å². The van der Waals surface area contributed by atoms with Gasteiger partial charge >= 0.3 is 6.61 Å². The maximum absolute atomic E-state index is 12.2. The Morgan fingerprint density at radius 2 is 2.21 bits per heavy atom. The van der Waals surface area contributed by atoms with E-state index in [-0.39, 0.29) is 11.8 Å². The highest BCUT2D eigenvalue weighted by Crippen LogP contribution is 2.26. The van der Waals surface area contributed by atoms with Gasteiger partial charge < -0.3 is 10.5 Å². The molecule has 2 N–H and O–H groups in total. The van der Waals surface area contributed by atoms with Gasteiger partial charge in [-0.3, -0.25) is 0 Å². The van der Waals surface area contributed by atoms with Crippen LogP contribution in [0.1, 0.15) is 11.9 Å². The van der Waals surface area contributed by atoms with Gasteiger partial charge in [0.2, 0.25) is 0 Å². The number of nitrogens with two attached hydrogens (primary N) is 1. The SMILES string of the molecule is CC(N)Cc1nc(-c2cccc(OC(F)F)c2)cs1. The fourth-order valence-corrected chi connectivity index (χ4v) is 2.59. The van der Waals surface area contributed by atoms with Gasteiger partial charge in [-0.05, 0) is 19.1 Å². The summed E-state index contributed by atoms with van der Waals surface area (Å²) in [4.78, 5) is 4.44. The van der Waals surface area contributed by atoms with Gasteiger partial charge in [0, 0.05) is 23.4 Å². The summed E-state index contributed by atoms with van der Waals surface area (Å²) in [5, 5.41) is 2.82. The van der Waals surface area contributed by atoms with Crippen LogP contribution in [0.4, 0.5) is 8.78 Å². The third-order valence-electron chi connectivity index (χ3n) is 2.40. The summed E-state index contributed by atoms with van der Waals surface area (Å²) in [7, 11) is 0. The molecule has 0 spiro atoms. The van der Waals surface area contributed by atoms with Crippen molar-refractivity contribution in [3.63, 3.8) is 0 Å². The van der Waals surface area contributed by atoms with Crippen LogP contribution in [0, 0.1) is 0 Å². The Kier molecular flexibility index (Phi) is 4.44. The molecule has 6 heteroatoms. The lowest BCUT2D eigenvalue weighted by Crippen LogP contribution is -2.17. The van der Waals surface area contributed by atoms with Crippen LogP contribution in [0.25, 0.3) is 11.3 Å². The lowest BCUT2D eigenvalue weighted by atomic mass is 10.1. The van der Waals surface area contributed by atoms with Crippen LogP contribution in [0.15, 0.2) is 29.6 Å². The molecule has 1 heterocycles. The van der Waals surface area contributed by atoms with Crippen molar-refractivity contribution in [1.29, 1.82) is 0 Å². The first-order chi connectivity index (χ1) is 9.04. The Bertz CT molecular complexity index is 543. The van der Waals surface area contributed by atoms with E-state index in [1.165, 1.54) is 17.4 Å². The summed E-state index contributed by atoms with van der Waals surface area (Å²) >= 11 is 1.51. The van der Waals surface area contributed by atoms with Crippen LogP contribution >= 0.6 is 11.3 Å². The summed E-state index contributed by atoms with van der Waals surface area (Å²) in [5.74, 6) is 0.134. The number of benzene rings is 1. The normalized spacial score (nSPS) is 12.7. The predicted octanol–water partition coefficient (Wildman–Crippen LogP) is 3.30. The van der Waals surface area contributed by atoms with Gasteiger partial charge in [-0.15, -0.1) is 11.3 Å². The summed E-state index contributed by atoms with van der Waals surface area (Å²) in [5.41, 5.74) is 7.22. The fraction of sp³-hybridized carbons (Fsp3) is 0.308. The van der Waals surface area contributed by atoms with Gasteiger partial charge in [0.1, 0.15) is 5.75 Å². The molecule has 0 amide bonds. The van der Waals surface area contributed by atoms with Gasteiger partial charge in [0.25, 0.3) is 0 Å². The molecule has 3 nitrogen and oxygen atoms in total. The van der Waals surface area contributed by atoms with E-state index in [9.17, 15) is 8.78 Å². The number of aromatic nitrogens is 1. The maximum Gasteiger partial charge on any atom is 0.387 e. The first-order valence-corrected chi connectivity index (χ1v) is 6.68. The van der Waals surface area contributed by atoms with Crippen molar-refractivity contribution in [3.05, 3.63) is 34.7 Å². The van der Waals surface area contributed by atoms with Crippen LogP contribution in [0.5, 0.6) is 5.75 Å². The minimum Gasteiger partial charge on any atom is -0.435 e. The van der Waals surface area contributed by atoms with E-state index in [4.69, 9.17) is 5.73 Å². The second-order valence-corrected chi connectivity index (χ2v) is 5.16. The second kappa shape index (κ2) is 6.08. The predicted molar refractivity (Wildman–Crippen MR) is 71.5 cm³/mol. The standard InChI is InChI=1S/C13H14F2N2OS/c1-8(16)5-12-17-11(7-19-12)9-3-2-4-10(6-9)18-13(14)15/h2-4,6-8,13H,5,16H2,1H3. The second-order valence-electron chi connectivity index (χ2n) is 4.21. The smallest absolute Gasteiger partial charge is 0.387 e. The van der Waals surface area contributed by atoms with Crippen molar-refractivity contribution in [3.8, 4) is 17.0 Å². The zero-order valence-electron chi connectivity index (χ0n) is 10.3. The number of hydrogen-bond acceptors (Lipinski definition) is 4. The van der Waals surface area contributed by atoms with Crippen LogP contribution in [0.2, 0.25) is 0 Å². The van der Waals surface area contributed by atoms with E-state index in [1.807, 2.05) is 18.4 Å².